The Balaban J connectivity index is 2.39. The highest BCUT2D eigenvalue weighted by Crippen LogP contribution is 2.38. The number of hydrogen-bond donors (Lipinski definition) is 1. The fourth-order valence-electron chi connectivity index (χ4n) is 3.04. The Morgan fingerprint density at radius 2 is 2.06 bits per heavy atom. The summed E-state index contributed by atoms with van der Waals surface area (Å²) in [6, 6.07) is 7.46. The predicted molar refractivity (Wildman–Crippen MR) is 69.6 cm³/mol. The monoisotopic (exact) mass is 217 g/mol. The Bertz CT molecular complexity index is 368. The highest BCUT2D eigenvalue weighted by Gasteiger charge is 2.30. The molecule has 1 aliphatic carbocycles. The number of rotatable bonds is 2. The Labute approximate surface area is 99.3 Å². The summed E-state index contributed by atoms with van der Waals surface area (Å²) in [6.45, 7) is 6.87. The summed E-state index contributed by atoms with van der Waals surface area (Å²) in [5.41, 5.74) is 4.46. The third-order valence-corrected chi connectivity index (χ3v) is 3.98. The van der Waals surface area contributed by atoms with E-state index in [-0.39, 0.29) is 0 Å². The summed E-state index contributed by atoms with van der Waals surface area (Å²) in [4.78, 5) is 0. The SMILES string of the molecule is CNC1c2cc(C)ccc2CCC1C(C)C. The molecule has 0 bridgehead atoms. The predicted octanol–water partition coefficient (Wildman–Crippen LogP) is 3.47. The summed E-state index contributed by atoms with van der Waals surface area (Å²) >= 11 is 0. The highest BCUT2D eigenvalue weighted by molar-refractivity contribution is 5.36. The lowest BCUT2D eigenvalue weighted by molar-refractivity contribution is 0.258. The van der Waals surface area contributed by atoms with E-state index in [4.69, 9.17) is 0 Å². The van der Waals surface area contributed by atoms with Crippen LogP contribution in [0.4, 0.5) is 0 Å². The van der Waals surface area contributed by atoms with Crippen molar-refractivity contribution >= 4 is 0 Å². The lowest BCUT2D eigenvalue weighted by Crippen LogP contribution is -2.33. The van der Waals surface area contributed by atoms with E-state index >= 15 is 0 Å². The zero-order valence-electron chi connectivity index (χ0n) is 10.9. The summed E-state index contributed by atoms with van der Waals surface area (Å²) in [5.74, 6) is 1.53. The van der Waals surface area contributed by atoms with Crippen LogP contribution in [0, 0.1) is 18.8 Å². The molecule has 1 aromatic rings. The first-order chi connectivity index (χ1) is 7.63. The van der Waals surface area contributed by atoms with E-state index in [0.29, 0.717) is 6.04 Å². The number of aryl methyl sites for hydroxylation is 2. The van der Waals surface area contributed by atoms with Crippen LogP contribution in [-0.4, -0.2) is 7.05 Å². The highest BCUT2D eigenvalue weighted by atomic mass is 14.9. The lowest BCUT2D eigenvalue weighted by Gasteiger charge is -2.36. The van der Waals surface area contributed by atoms with Gasteiger partial charge in [0.05, 0.1) is 0 Å². The molecule has 2 atom stereocenters. The molecule has 1 N–H and O–H groups in total. The Hall–Kier alpha value is -0.820. The van der Waals surface area contributed by atoms with E-state index in [1.807, 2.05) is 0 Å². The van der Waals surface area contributed by atoms with Crippen LogP contribution in [0.15, 0.2) is 18.2 Å². The van der Waals surface area contributed by atoms with Gasteiger partial charge < -0.3 is 5.32 Å². The van der Waals surface area contributed by atoms with E-state index in [9.17, 15) is 0 Å². The quantitative estimate of drug-likeness (QED) is 0.800. The van der Waals surface area contributed by atoms with Crippen molar-refractivity contribution in [3.05, 3.63) is 34.9 Å². The molecule has 1 aromatic carbocycles. The maximum atomic E-state index is 3.52. The molecule has 0 fully saturated rings. The average Bonchev–Trinajstić information content (AvgIpc) is 2.27. The molecule has 2 unspecified atom stereocenters. The van der Waals surface area contributed by atoms with Gasteiger partial charge in [-0.05, 0) is 49.8 Å². The Morgan fingerprint density at radius 3 is 2.69 bits per heavy atom. The molecule has 0 radical (unpaired) electrons. The van der Waals surface area contributed by atoms with Crippen LogP contribution in [0.1, 0.15) is 43.0 Å². The maximum absolute atomic E-state index is 3.52. The van der Waals surface area contributed by atoms with Gasteiger partial charge in [-0.3, -0.25) is 0 Å². The standard InChI is InChI=1S/C15H23N/c1-10(2)13-8-7-12-6-5-11(3)9-14(12)15(13)16-4/h5-6,9-10,13,15-16H,7-8H2,1-4H3. The molecule has 0 aromatic heterocycles. The van der Waals surface area contributed by atoms with Crippen LogP contribution in [-0.2, 0) is 6.42 Å². The molecule has 0 amide bonds. The summed E-state index contributed by atoms with van der Waals surface area (Å²) in [6.07, 6.45) is 2.57. The van der Waals surface area contributed by atoms with Crippen molar-refractivity contribution in [1.82, 2.24) is 5.32 Å². The van der Waals surface area contributed by atoms with Crippen LogP contribution in [0.25, 0.3) is 0 Å². The lowest BCUT2D eigenvalue weighted by atomic mass is 9.74. The zero-order valence-corrected chi connectivity index (χ0v) is 10.9. The van der Waals surface area contributed by atoms with Crippen molar-refractivity contribution in [2.75, 3.05) is 7.05 Å². The van der Waals surface area contributed by atoms with E-state index in [1.165, 1.54) is 24.0 Å². The minimum atomic E-state index is 0.545. The molecule has 0 aliphatic heterocycles. The Morgan fingerprint density at radius 1 is 1.31 bits per heavy atom. The van der Waals surface area contributed by atoms with Crippen molar-refractivity contribution in [3.63, 3.8) is 0 Å². The summed E-state index contributed by atoms with van der Waals surface area (Å²) in [5, 5.41) is 3.52. The fraction of sp³-hybridized carbons (Fsp3) is 0.600. The smallest absolute Gasteiger partial charge is 0.0351 e. The molecule has 88 valence electrons. The van der Waals surface area contributed by atoms with Crippen molar-refractivity contribution in [2.24, 2.45) is 11.8 Å². The van der Waals surface area contributed by atoms with Gasteiger partial charge in [0.2, 0.25) is 0 Å². The van der Waals surface area contributed by atoms with Crippen LogP contribution >= 0.6 is 0 Å². The Kier molecular flexibility index (Phi) is 3.34. The van der Waals surface area contributed by atoms with Gasteiger partial charge in [-0.1, -0.05) is 37.6 Å². The molecule has 0 saturated heterocycles. The summed E-state index contributed by atoms with van der Waals surface area (Å²) in [7, 11) is 2.09. The van der Waals surface area contributed by atoms with Gasteiger partial charge in [0, 0.05) is 6.04 Å². The third-order valence-electron chi connectivity index (χ3n) is 3.98. The molecule has 0 spiro atoms. The van der Waals surface area contributed by atoms with Crippen molar-refractivity contribution in [1.29, 1.82) is 0 Å². The zero-order chi connectivity index (χ0) is 11.7. The molecular weight excluding hydrogens is 194 g/mol. The molecule has 0 heterocycles. The molecule has 1 aliphatic rings. The van der Waals surface area contributed by atoms with E-state index < -0.39 is 0 Å². The second kappa shape index (κ2) is 4.58. The minimum absolute atomic E-state index is 0.545. The normalized spacial score (nSPS) is 24.6. The molecule has 2 rings (SSSR count). The summed E-state index contributed by atoms with van der Waals surface area (Å²) < 4.78 is 0. The van der Waals surface area contributed by atoms with E-state index in [0.717, 1.165) is 11.8 Å². The van der Waals surface area contributed by atoms with Gasteiger partial charge in [-0.15, -0.1) is 0 Å². The first kappa shape index (κ1) is 11.7. The minimum Gasteiger partial charge on any atom is -0.313 e. The molecular formula is C15H23N. The largest absolute Gasteiger partial charge is 0.313 e. The van der Waals surface area contributed by atoms with Crippen molar-refractivity contribution in [2.45, 2.75) is 39.7 Å². The van der Waals surface area contributed by atoms with Crippen molar-refractivity contribution < 1.29 is 0 Å². The van der Waals surface area contributed by atoms with Crippen LogP contribution in [0.3, 0.4) is 0 Å². The van der Waals surface area contributed by atoms with Crippen LogP contribution in [0.5, 0.6) is 0 Å². The molecule has 1 nitrogen and oxygen atoms in total. The van der Waals surface area contributed by atoms with E-state index in [1.54, 1.807) is 5.56 Å². The fourth-order valence-corrected chi connectivity index (χ4v) is 3.04. The third kappa shape index (κ3) is 2.01. The topological polar surface area (TPSA) is 12.0 Å². The van der Waals surface area contributed by atoms with Gasteiger partial charge >= 0.3 is 0 Å². The average molecular weight is 217 g/mol. The van der Waals surface area contributed by atoms with Gasteiger partial charge in [-0.2, -0.15) is 0 Å². The van der Waals surface area contributed by atoms with Gasteiger partial charge in [-0.25, -0.2) is 0 Å². The maximum Gasteiger partial charge on any atom is 0.0351 e. The van der Waals surface area contributed by atoms with Gasteiger partial charge in [0.1, 0.15) is 0 Å². The number of fused-ring (bicyclic) bond motifs is 1. The first-order valence-corrected chi connectivity index (χ1v) is 6.40. The van der Waals surface area contributed by atoms with Gasteiger partial charge in [0.15, 0.2) is 0 Å². The molecule has 16 heavy (non-hydrogen) atoms. The van der Waals surface area contributed by atoms with E-state index in [2.05, 4.69) is 51.3 Å². The first-order valence-electron chi connectivity index (χ1n) is 6.40. The number of benzene rings is 1. The number of nitrogens with one attached hydrogen (secondary N) is 1. The second-order valence-electron chi connectivity index (χ2n) is 5.42. The van der Waals surface area contributed by atoms with Crippen LogP contribution in [0.2, 0.25) is 0 Å². The van der Waals surface area contributed by atoms with Crippen LogP contribution < -0.4 is 5.32 Å². The van der Waals surface area contributed by atoms with Gasteiger partial charge in [0.25, 0.3) is 0 Å². The molecule has 1 heteroatoms. The second-order valence-corrected chi connectivity index (χ2v) is 5.42. The molecule has 0 saturated carbocycles. The number of hydrogen-bond acceptors (Lipinski definition) is 1. The van der Waals surface area contributed by atoms with Crippen molar-refractivity contribution in [3.8, 4) is 0 Å².